The summed E-state index contributed by atoms with van der Waals surface area (Å²) in [5, 5.41) is 14.1. The third-order valence-electron chi connectivity index (χ3n) is 3.83. The highest BCUT2D eigenvalue weighted by Crippen LogP contribution is 2.47. The summed E-state index contributed by atoms with van der Waals surface area (Å²) in [5.74, 6) is -6.74. The van der Waals surface area contributed by atoms with Crippen LogP contribution in [-0.2, 0) is 0 Å². The van der Waals surface area contributed by atoms with Crippen LogP contribution < -0.4 is 0 Å². The fourth-order valence-corrected chi connectivity index (χ4v) is 2.19. The monoisotopic (exact) mass is 354 g/mol. The topological polar surface area (TPSA) is 66.0 Å². The fourth-order valence-electron chi connectivity index (χ4n) is 2.19. The molecule has 134 valence electrons. The Morgan fingerprint density at radius 3 is 2.29 bits per heavy atom. The van der Waals surface area contributed by atoms with E-state index in [1.807, 2.05) is 0 Å². The molecule has 1 atom stereocenters. The van der Waals surface area contributed by atoms with Gasteiger partial charge < -0.3 is 9.52 Å². The van der Waals surface area contributed by atoms with Crippen molar-refractivity contribution >= 4 is 11.6 Å². The summed E-state index contributed by atoms with van der Waals surface area (Å²) in [6, 6.07) is 2.51. The molecule has 0 fully saturated rings. The van der Waals surface area contributed by atoms with E-state index in [1.165, 1.54) is 32.9 Å². The molecule has 1 amide bonds. The largest absolute Gasteiger partial charge is 0.459 e. The van der Waals surface area contributed by atoms with Gasteiger partial charge in [0.15, 0.2) is 11.5 Å². The summed E-state index contributed by atoms with van der Waals surface area (Å²) in [7, 11) is 0. The maximum atomic E-state index is 13.6. The first-order chi connectivity index (χ1) is 10.7. The van der Waals surface area contributed by atoms with Gasteiger partial charge in [0.1, 0.15) is 5.71 Å². The molecule has 0 radical (unpaired) electrons. The van der Waals surface area contributed by atoms with Gasteiger partial charge in [-0.1, -0.05) is 20.8 Å². The summed E-state index contributed by atoms with van der Waals surface area (Å²) in [6.45, 7) is 4.17. The summed E-state index contributed by atoms with van der Waals surface area (Å²) < 4.78 is 69.9. The van der Waals surface area contributed by atoms with Crippen LogP contribution in [0.2, 0.25) is 0 Å². The van der Waals surface area contributed by atoms with Gasteiger partial charge in [-0.3, -0.25) is 4.79 Å². The van der Waals surface area contributed by atoms with Crippen molar-refractivity contribution in [3.63, 3.8) is 0 Å². The predicted octanol–water partition coefficient (Wildman–Crippen LogP) is 3.41. The van der Waals surface area contributed by atoms with Gasteiger partial charge in [0.25, 0.3) is 0 Å². The number of furan rings is 1. The summed E-state index contributed by atoms with van der Waals surface area (Å²) >= 11 is 0. The average molecular weight is 354 g/mol. The van der Waals surface area contributed by atoms with Gasteiger partial charge in [-0.25, -0.2) is 0 Å². The minimum Gasteiger partial charge on any atom is -0.459 e. The van der Waals surface area contributed by atoms with Gasteiger partial charge in [0.05, 0.1) is 6.26 Å². The quantitative estimate of drug-likeness (QED) is 0.828. The Morgan fingerprint density at radius 1 is 1.29 bits per heavy atom. The SMILES string of the molecule is CC(C)(C)[C@@]1(O)CC(C(F)(F)C(F)(F)F)=NN1C(=O)c1ccco1. The van der Waals surface area contributed by atoms with Gasteiger partial charge in [-0.05, 0) is 12.1 Å². The molecule has 0 saturated carbocycles. The first-order valence-corrected chi connectivity index (χ1v) is 6.85. The first kappa shape index (κ1) is 18.4. The Morgan fingerprint density at radius 2 is 1.88 bits per heavy atom. The molecule has 1 aromatic heterocycles. The highest BCUT2D eigenvalue weighted by molar-refractivity contribution is 5.99. The number of halogens is 5. The molecule has 24 heavy (non-hydrogen) atoms. The lowest BCUT2D eigenvalue weighted by atomic mass is 9.79. The van der Waals surface area contributed by atoms with E-state index in [-0.39, 0.29) is 10.8 Å². The molecule has 1 N–H and O–H groups in total. The molecule has 0 aromatic carbocycles. The number of aliphatic hydroxyl groups is 1. The number of hydrazone groups is 1. The van der Waals surface area contributed by atoms with Crippen LogP contribution in [0.25, 0.3) is 0 Å². The van der Waals surface area contributed by atoms with Crippen LogP contribution in [0.5, 0.6) is 0 Å². The second-order valence-corrected chi connectivity index (χ2v) is 6.46. The molecule has 0 saturated heterocycles. The van der Waals surface area contributed by atoms with Crippen LogP contribution in [0.1, 0.15) is 37.7 Å². The highest BCUT2D eigenvalue weighted by Gasteiger charge is 2.66. The van der Waals surface area contributed by atoms with Gasteiger partial charge in [0, 0.05) is 11.8 Å². The lowest BCUT2D eigenvalue weighted by Crippen LogP contribution is -2.55. The van der Waals surface area contributed by atoms with Gasteiger partial charge in [0.2, 0.25) is 0 Å². The van der Waals surface area contributed by atoms with E-state index in [1.54, 1.807) is 0 Å². The predicted molar refractivity (Wildman–Crippen MR) is 72.3 cm³/mol. The summed E-state index contributed by atoms with van der Waals surface area (Å²) in [6.07, 6.45) is -5.92. The maximum absolute atomic E-state index is 13.6. The van der Waals surface area contributed by atoms with Crippen molar-refractivity contribution in [2.45, 2.75) is 45.0 Å². The molecule has 0 aliphatic carbocycles. The molecular weight excluding hydrogens is 339 g/mol. The molecule has 2 heterocycles. The van der Waals surface area contributed by atoms with E-state index in [9.17, 15) is 31.9 Å². The van der Waals surface area contributed by atoms with E-state index in [0.29, 0.717) is 0 Å². The number of hydrogen-bond donors (Lipinski definition) is 1. The minimum atomic E-state index is -5.89. The van der Waals surface area contributed by atoms with Crippen molar-refractivity contribution in [1.82, 2.24) is 5.01 Å². The molecule has 5 nitrogen and oxygen atoms in total. The minimum absolute atomic E-state index is 0.237. The molecule has 2 rings (SSSR count). The maximum Gasteiger partial charge on any atom is 0.459 e. The number of alkyl halides is 5. The number of hydrogen-bond acceptors (Lipinski definition) is 4. The van der Waals surface area contributed by atoms with E-state index < -0.39 is 41.3 Å². The number of nitrogens with zero attached hydrogens (tertiary/aromatic N) is 2. The zero-order valence-corrected chi connectivity index (χ0v) is 13.0. The molecule has 1 aliphatic heterocycles. The van der Waals surface area contributed by atoms with Crippen LogP contribution in [-0.4, -0.2) is 39.6 Å². The lowest BCUT2D eigenvalue weighted by Gasteiger charge is -2.41. The molecule has 0 bridgehead atoms. The third kappa shape index (κ3) is 2.68. The van der Waals surface area contributed by atoms with Crippen LogP contribution in [0.4, 0.5) is 22.0 Å². The summed E-state index contributed by atoms with van der Waals surface area (Å²) in [5.41, 5.74) is -5.27. The molecule has 1 aliphatic rings. The normalized spacial score (nSPS) is 22.7. The number of carbonyl (C=O) groups is 1. The Kier molecular flexibility index (Phi) is 4.03. The van der Waals surface area contributed by atoms with Crippen LogP contribution in [0.3, 0.4) is 0 Å². The van der Waals surface area contributed by atoms with E-state index >= 15 is 0 Å². The number of carbonyl (C=O) groups excluding carboxylic acids is 1. The fraction of sp³-hybridized carbons (Fsp3) is 0.571. The standard InChI is InChI=1S/C14H15F5N2O3/c1-11(2,3)12(23)7-9(13(15,16)14(17,18)19)20-21(12)10(22)8-5-4-6-24-8/h4-6,23H,7H2,1-3H3/t12-/m0/s1. The first-order valence-electron chi connectivity index (χ1n) is 6.85. The van der Waals surface area contributed by atoms with E-state index in [4.69, 9.17) is 4.42 Å². The zero-order valence-electron chi connectivity index (χ0n) is 13.0. The summed E-state index contributed by atoms with van der Waals surface area (Å²) in [4.78, 5) is 12.3. The number of amides is 1. The molecule has 1 aromatic rings. The Hall–Kier alpha value is -1.97. The van der Waals surface area contributed by atoms with Crippen molar-refractivity contribution in [2.75, 3.05) is 0 Å². The van der Waals surface area contributed by atoms with Crippen molar-refractivity contribution in [3.8, 4) is 0 Å². The smallest absolute Gasteiger partial charge is 0.459 e. The van der Waals surface area contributed by atoms with Crippen molar-refractivity contribution in [3.05, 3.63) is 24.2 Å². The molecular formula is C14H15F5N2O3. The second kappa shape index (κ2) is 5.27. The van der Waals surface area contributed by atoms with Crippen molar-refractivity contribution in [1.29, 1.82) is 0 Å². The average Bonchev–Trinajstić information content (AvgIpc) is 3.03. The highest BCUT2D eigenvalue weighted by atomic mass is 19.4. The van der Waals surface area contributed by atoms with Crippen LogP contribution >= 0.6 is 0 Å². The molecule has 0 unspecified atom stereocenters. The van der Waals surface area contributed by atoms with Crippen LogP contribution in [0.15, 0.2) is 27.9 Å². The zero-order chi connectivity index (χ0) is 18.6. The van der Waals surface area contributed by atoms with Crippen molar-refractivity contribution < 1.29 is 36.3 Å². The van der Waals surface area contributed by atoms with Crippen molar-refractivity contribution in [2.24, 2.45) is 10.5 Å². The lowest BCUT2D eigenvalue weighted by molar-refractivity contribution is -0.250. The van der Waals surface area contributed by atoms with Crippen LogP contribution in [0, 0.1) is 5.41 Å². The second-order valence-electron chi connectivity index (χ2n) is 6.46. The van der Waals surface area contributed by atoms with Gasteiger partial charge >= 0.3 is 18.0 Å². The Bertz CT molecular complexity index is 661. The van der Waals surface area contributed by atoms with Gasteiger partial charge in [-0.2, -0.15) is 32.1 Å². The Balaban J connectivity index is 2.52. The number of rotatable bonds is 2. The Labute approximate surface area is 133 Å². The van der Waals surface area contributed by atoms with E-state index in [0.717, 1.165) is 6.26 Å². The molecule has 10 heteroatoms. The van der Waals surface area contributed by atoms with E-state index in [2.05, 4.69) is 5.10 Å². The van der Waals surface area contributed by atoms with Gasteiger partial charge in [-0.15, -0.1) is 0 Å². The molecule has 0 spiro atoms. The third-order valence-corrected chi connectivity index (χ3v) is 3.83.